The molecule has 1 heterocycles. The van der Waals surface area contributed by atoms with Crippen molar-refractivity contribution in [2.75, 3.05) is 19.6 Å². The van der Waals surface area contributed by atoms with Gasteiger partial charge >= 0.3 is 0 Å². The minimum atomic E-state index is -0.0594. The lowest BCUT2D eigenvalue weighted by Gasteiger charge is -2.25. The largest absolute Gasteiger partial charge is 0.355 e. The fraction of sp³-hybridized carbons (Fsp3) is 0.857. The van der Waals surface area contributed by atoms with E-state index in [-0.39, 0.29) is 5.54 Å². The molecule has 0 fully saturated rings. The lowest BCUT2D eigenvalue weighted by atomic mass is 10.1. The van der Waals surface area contributed by atoms with Crippen LogP contribution in [0.1, 0.15) is 13.8 Å². The summed E-state index contributed by atoms with van der Waals surface area (Å²) in [6.45, 7) is 6.50. The molecule has 0 unspecified atom stereocenters. The van der Waals surface area contributed by atoms with E-state index in [9.17, 15) is 0 Å². The maximum Gasteiger partial charge on any atom is 0.191 e. The van der Waals surface area contributed by atoms with Gasteiger partial charge in [0.05, 0.1) is 6.54 Å². The first kappa shape index (κ1) is 8.33. The third kappa shape index (κ3) is 2.38. The van der Waals surface area contributed by atoms with E-state index in [1.165, 1.54) is 0 Å². The van der Waals surface area contributed by atoms with Gasteiger partial charge in [-0.2, -0.15) is 0 Å². The van der Waals surface area contributed by atoms with Gasteiger partial charge in [-0.15, -0.1) is 0 Å². The van der Waals surface area contributed by atoms with Crippen molar-refractivity contribution in [3.05, 3.63) is 0 Å². The molecule has 64 valence electrons. The van der Waals surface area contributed by atoms with Crippen molar-refractivity contribution < 1.29 is 0 Å². The molecule has 0 saturated heterocycles. The van der Waals surface area contributed by atoms with Crippen molar-refractivity contribution in [2.24, 2.45) is 10.7 Å². The van der Waals surface area contributed by atoms with E-state index < -0.39 is 0 Å². The van der Waals surface area contributed by atoms with Gasteiger partial charge in [-0.3, -0.25) is 4.99 Å². The molecule has 0 aromatic rings. The Kier molecular flexibility index (Phi) is 2.34. The van der Waals surface area contributed by atoms with Gasteiger partial charge in [0.2, 0.25) is 0 Å². The van der Waals surface area contributed by atoms with Crippen LogP contribution in [-0.2, 0) is 0 Å². The Bertz CT molecular complexity index is 162. The molecule has 0 saturated carbocycles. The first-order valence-electron chi connectivity index (χ1n) is 3.91. The van der Waals surface area contributed by atoms with Gasteiger partial charge in [0.25, 0.3) is 0 Å². The van der Waals surface area contributed by atoms with Gasteiger partial charge in [0, 0.05) is 18.6 Å². The zero-order valence-electron chi connectivity index (χ0n) is 7.15. The van der Waals surface area contributed by atoms with Crippen LogP contribution < -0.4 is 16.4 Å². The van der Waals surface area contributed by atoms with Gasteiger partial charge < -0.3 is 16.4 Å². The summed E-state index contributed by atoms with van der Waals surface area (Å²) < 4.78 is 0. The lowest BCUT2D eigenvalue weighted by Crippen LogP contribution is -2.52. The molecule has 1 aliphatic heterocycles. The van der Waals surface area contributed by atoms with Crippen LogP contribution in [-0.4, -0.2) is 31.1 Å². The number of hydrogen-bond donors (Lipinski definition) is 3. The van der Waals surface area contributed by atoms with Gasteiger partial charge in [-0.1, -0.05) is 0 Å². The van der Waals surface area contributed by atoms with E-state index in [1.54, 1.807) is 0 Å². The molecule has 1 rings (SSSR count). The highest BCUT2D eigenvalue weighted by molar-refractivity contribution is 5.81. The quantitative estimate of drug-likeness (QED) is 0.494. The second kappa shape index (κ2) is 3.09. The van der Waals surface area contributed by atoms with Crippen LogP contribution in [0.3, 0.4) is 0 Å². The summed E-state index contributed by atoms with van der Waals surface area (Å²) in [5.41, 5.74) is 5.48. The summed E-state index contributed by atoms with van der Waals surface area (Å²) in [6.07, 6.45) is 0. The Morgan fingerprint density at radius 1 is 1.73 bits per heavy atom. The molecule has 0 bridgehead atoms. The first-order valence-corrected chi connectivity index (χ1v) is 3.91. The average Bonchev–Trinajstić information content (AvgIpc) is 2.39. The monoisotopic (exact) mass is 156 g/mol. The highest BCUT2D eigenvalue weighted by Crippen LogP contribution is 1.98. The van der Waals surface area contributed by atoms with E-state index in [0.29, 0.717) is 6.54 Å². The Balaban J connectivity index is 2.40. The molecule has 1 aliphatic rings. The normalized spacial score (nSPS) is 17.5. The van der Waals surface area contributed by atoms with Crippen molar-refractivity contribution in [3.8, 4) is 0 Å². The van der Waals surface area contributed by atoms with Crippen LogP contribution >= 0.6 is 0 Å². The maximum atomic E-state index is 5.54. The molecule has 0 aromatic carbocycles. The molecule has 0 aromatic heterocycles. The summed E-state index contributed by atoms with van der Waals surface area (Å²) >= 11 is 0. The zero-order valence-corrected chi connectivity index (χ0v) is 7.15. The molecule has 0 amide bonds. The van der Waals surface area contributed by atoms with E-state index in [0.717, 1.165) is 19.0 Å². The second-order valence-electron chi connectivity index (χ2n) is 3.37. The fourth-order valence-electron chi connectivity index (χ4n) is 0.853. The van der Waals surface area contributed by atoms with Gasteiger partial charge in [0.15, 0.2) is 5.96 Å². The fourth-order valence-corrected chi connectivity index (χ4v) is 0.853. The van der Waals surface area contributed by atoms with Gasteiger partial charge in [-0.25, -0.2) is 0 Å². The van der Waals surface area contributed by atoms with Crippen LogP contribution in [0.4, 0.5) is 0 Å². The zero-order chi connectivity index (χ0) is 8.32. The predicted molar refractivity (Wildman–Crippen MR) is 46.6 cm³/mol. The van der Waals surface area contributed by atoms with Crippen molar-refractivity contribution in [1.29, 1.82) is 0 Å². The summed E-state index contributed by atoms with van der Waals surface area (Å²) in [5, 5.41) is 6.35. The number of nitrogens with one attached hydrogen (secondary N) is 2. The Labute approximate surface area is 67.3 Å². The summed E-state index contributed by atoms with van der Waals surface area (Å²) in [4.78, 5) is 4.21. The summed E-state index contributed by atoms with van der Waals surface area (Å²) in [5.74, 6) is 0.875. The Morgan fingerprint density at radius 2 is 2.45 bits per heavy atom. The van der Waals surface area contributed by atoms with E-state index in [4.69, 9.17) is 5.73 Å². The average molecular weight is 156 g/mol. The van der Waals surface area contributed by atoms with E-state index in [1.807, 2.05) is 0 Å². The third-order valence-corrected chi connectivity index (χ3v) is 1.64. The minimum absolute atomic E-state index is 0.0594. The number of nitrogens with zero attached hydrogens (tertiary/aromatic N) is 1. The molecule has 11 heavy (non-hydrogen) atoms. The number of rotatable bonds is 2. The van der Waals surface area contributed by atoms with Gasteiger partial charge in [0.1, 0.15) is 0 Å². The van der Waals surface area contributed by atoms with Crippen molar-refractivity contribution in [2.45, 2.75) is 19.4 Å². The maximum absolute atomic E-state index is 5.54. The molecule has 4 nitrogen and oxygen atoms in total. The predicted octanol–water partition coefficient (Wildman–Crippen LogP) is -0.727. The molecular weight excluding hydrogens is 140 g/mol. The Morgan fingerprint density at radius 3 is 2.91 bits per heavy atom. The number of aliphatic imine (C=N–C) groups is 1. The van der Waals surface area contributed by atoms with Crippen LogP contribution in [0.25, 0.3) is 0 Å². The first-order chi connectivity index (χ1) is 5.14. The van der Waals surface area contributed by atoms with Crippen LogP contribution in [0.2, 0.25) is 0 Å². The molecule has 0 spiro atoms. The summed E-state index contributed by atoms with van der Waals surface area (Å²) in [7, 11) is 0. The van der Waals surface area contributed by atoms with Gasteiger partial charge in [-0.05, 0) is 13.8 Å². The summed E-state index contributed by atoms with van der Waals surface area (Å²) in [6, 6.07) is 0. The van der Waals surface area contributed by atoms with Crippen molar-refractivity contribution in [1.82, 2.24) is 10.6 Å². The lowest BCUT2D eigenvalue weighted by molar-refractivity contribution is 0.468. The molecule has 0 aliphatic carbocycles. The number of hydrogen-bond acceptors (Lipinski definition) is 4. The highest BCUT2D eigenvalue weighted by Gasteiger charge is 2.17. The molecule has 0 atom stereocenters. The smallest absolute Gasteiger partial charge is 0.191 e. The Hall–Kier alpha value is -0.770. The second-order valence-corrected chi connectivity index (χ2v) is 3.37. The SMILES string of the molecule is CC(C)(CN)NC1=NCCN1. The molecule has 0 radical (unpaired) electrons. The van der Waals surface area contributed by atoms with E-state index >= 15 is 0 Å². The molecular formula is C7H16N4. The van der Waals surface area contributed by atoms with E-state index in [2.05, 4.69) is 29.5 Å². The molecule has 4 heteroatoms. The molecule has 4 N–H and O–H groups in total. The van der Waals surface area contributed by atoms with Crippen molar-refractivity contribution in [3.63, 3.8) is 0 Å². The standard InChI is InChI=1S/C7H16N4/c1-7(2,5-8)11-6-9-3-4-10-6/h3-5,8H2,1-2H3,(H2,9,10,11). The topological polar surface area (TPSA) is 62.4 Å². The number of nitrogens with two attached hydrogens (primary N) is 1. The van der Waals surface area contributed by atoms with Crippen molar-refractivity contribution >= 4 is 5.96 Å². The number of guanidine groups is 1. The minimum Gasteiger partial charge on any atom is -0.355 e. The van der Waals surface area contributed by atoms with Crippen LogP contribution in [0.5, 0.6) is 0 Å². The third-order valence-electron chi connectivity index (χ3n) is 1.64. The van der Waals surface area contributed by atoms with Crippen LogP contribution in [0.15, 0.2) is 4.99 Å². The highest BCUT2D eigenvalue weighted by atomic mass is 15.2. The van der Waals surface area contributed by atoms with Crippen LogP contribution in [0, 0.1) is 0 Å².